The van der Waals surface area contributed by atoms with Gasteiger partial charge in [-0.05, 0) is 50.6 Å². The molecule has 8 heteroatoms. The molecule has 29 heavy (non-hydrogen) atoms. The van der Waals surface area contributed by atoms with E-state index in [9.17, 15) is 9.90 Å². The summed E-state index contributed by atoms with van der Waals surface area (Å²) in [5.41, 5.74) is 3.05. The third kappa shape index (κ3) is 4.86. The van der Waals surface area contributed by atoms with E-state index in [0.717, 1.165) is 22.4 Å². The number of carbonyl (C=O) groups excluding carboxylic acids is 1. The molecule has 0 atom stereocenters. The summed E-state index contributed by atoms with van der Waals surface area (Å²) in [6, 6.07) is 11.3. The van der Waals surface area contributed by atoms with E-state index < -0.39 is 11.6 Å². The Labute approximate surface area is 174 Å². The first-order valence-electron chi connectivity index (χ1n) is 9.24. The number of aromatic amines is 1. The summed E-state index contributed by atoms with van der Waals surface area (Å²) < 4.78 is 0. The van der Waals surface area contributed by atoms with Gasteiger partial charge in [0.15, 0.2) is 5.82 Å². The number of hydrogen-bond acceptors (Lipinski definition) is 5. The summed E-state index contributed by atoms with van der Waals surface area (Å²) in [5, 5.41) is 22.9. The molecule has 0 saturated heterocycles. The Hall–Kier alpha value is -3.06. The molecule has 152 valence electrons. The summed E-state index contributed by atoms with van der Waals surface area (Å²) in [4.78, 5) is 16.8. The summed E-state index contributed by atoms with van der Waals surface area (Å²) in [5.74, 6) is 0.633. The maximum absolute atomic E-state index is 11.4. The summed E-state index contributed by atoms with van der Waals surface area (Å²) >= 11 is 6.02. The third-order valence-electron chi connectivity index (χ3n) is 4.53. The van der Waals surface area contributed by atoms with Gasteiger partial charge in [0.05, 0.1) is 11.3 Å². The monoisotopic (exact) mass is 412 g/mol. The molecule has 0 fully saturated rings. The number of H-pyrrole nitrogens is 1. The van der Waals surface area contributed by atoms with Crippen LogP contribution in [-0.2, 0) is 0 Å². The van der Waals surface area contributed by atoms with E-state index in [0.29, 0.717) is 17.4 Å². The molecule has 0 aliphatic rings. The van der Waals surface area contributed by atoms with Gasteiger partial charge in [-0.15, -0.1) is 0 Å². The van der Waals surface area contributed by atoms with Crippen LogP contribution in [0, 0.1) is 0 Å². The molecular weight excluding hydrogens is 390 g/mol. The Bertz CT molecular complexity index is 965. The highest BCUT2D eigenvalue weighted by Gasteiger charge is 2.21. The van der Waals surface area contributed by atoms with Gasteiger partial charge in [-0.3, -0.25) is 10.1 Å². The van der Waals surface area contributed by atoms with Gasteiger partial charge in [-0.1, -0.05) is 23.7 Å². The molecule has 1 amide bonds. The highest BCUT2D eigenvalue weighted by Crippen LogP contribution is 2.36. The van der Waals surface area contributed by atoms with Gasteiger partial charge in [0.2, 0.25) is 0 Å². The molecule has 0 aliphatic heterocycles. The van der Waals surface area contributed by atoms with Crippen molar-refractivity contribution in [2.45, 2.75) is 26.3 Å². The molecule has 7 nitrogen and oxygen atoms in total. The van der Waals surface area contributed by atoms with Crippen LogP contribution in [-0.4, -0.2) is 44.8 Å². The van der Waals surface area contributed by atoms with Gasteiger partial charge in [0.1, 0.15) is 6.09 Å². The van der Waals surface area contributed by atoms with Gasteiger partial charge in [0.25, 0.3) is 0 Å². The second kappa shape index (κ2) is 8.53. The molecule has 0 radical (unpaired) electrons. The largest absolute Gasteiger partial charge is 0.530 e. The number of nitrogens with zero attached hydrogens (tertiary/aromatic N) is 3. The van der Waals surface area contributed by atoms with E-state index >= 15 is 0 Å². The third-order valence-corrected chi connectivity index (χ3v) is 4.78. The minimum atomic E-state index is -1.20. The Morgan fingerprint density at radius 2 is 1.79 bits per heavy atom. The number of nitrogens with one attached hydrogen (secondary N) is 2. The highest BCUT2D eigenvalue weighted by molar-refractivity contribution is 6.30. The van der Waals surface area contributed by atoms with Gasteiger partial charge in [-0.25, -0.2) is 0 Å². The molecule has 0 saturated carbocycles. The fourth-order valence-electron chi connectivity index (χ4n) is 3.08. The number of hydrogen-bond donors (Lipinski definition) is 2. The van der Waals surface area contributed by atoms with E-state index in [4.69, 9.17) is 11.6 Å². The number of carbonyl (C=O) groups is 1. The molecule has 1 aromatic carbocycles. The standard InChI is InChI=1S/C21H24ClN5O2/c1-21(2,3)27(20(28)29)13-12-24-19-17(14-8-10-23-11-9-14)18(25-26-19)15-4-6-16(22)7-5-15/h4-11H,12-13H2,1-3H3,(H,28,29)(H2,24,25,26)/p-1. The van der Waals surface area contributed by atoms with Gasteiger partial charge >= 0.3 is 0 Å². The van der Waals surface area contributed by atoms with E-state index in [1.807, 2.05) is 57.2 Å². The maximum atomic E-state index is 11.4. The van der Waals surface area contributed by atoms with Crippen molar-refractivity contribution >= 4 is 23.5 Å². The zero-order chi connectivity index (χ0) is 21.0. The molecule has 2 N–H and O–H groups in total. The first-order chi connectivity index (χ1) is 13.8. The fourth-order valence-corrected chi connectivity index (χ4v) is 3.21. The summed E-state index contributed by atoms with van der Waals surface area (Å²) in [6.45, 7) is 6.15. The van der Waals surface area contributed by atoms with Crippen LogP contribution in [0.1, 0.15) is 20.8 Å². The molecular formula is C21H23ClN5O2-. The van der Waals surface area contributed by atoms with Crippen LogP contribution in [0.15, 0.2) is 48.8 Å². The average molecular weight is 413 g/mol. The number of halogens is 1. The number of aromatic nitrogens is 3. The predicted octanol–water partition coefficient (Wildman–Crippen LogP) is 3.65. The normalized spacial score (nSPS) is 11.3. The van der Waals surface area contributed by atoms with E-state index in [-0.39, 0.29) is 6.54 Å². The van der Waals surface area contributed by atoms with Crippen LogP contribution in [0.4, 0.5) is 10.6 Å². The molecule has 2 heterocycles. The Morgan fingerprint density at radius 3 is 2.38 bits per heavy atom. The van der Waals surface area contributed by atoms with Gasteiger partial charge in [-0.2, -0.15) is 5.10 Å². The van der Waals surface area contributed by atoms with Gasteiger partial charge in [0, 0.05) is 41.6 Å². The first kappa shape index (κ1) is 20.7. The van der Waals surface area contributed by atoms with E-state index in [1.54, 1.807) is 12.4 Å². The van der Waals surface area contributed by atoms with Crippen LogP contribution in [0.5, 0.6) is 0 Å². The Balaban J connectivity index is 1.89. The van der Waals surface area contributed by atoms with E-state index in [1.165, 1.54) is 4.90 Å². The molecule has 3 aromatic rings. The molecule has 2 aromatic heterocycles. The van der Waals surface area contributed by atoms with Crippen molar-refractivity contribution in [3.05, 3.63) is 53.8 Å². The SMILES string of the molecule is CC(C)(C)N(CCNc1n[nH]c(-c2ccc(Cl)cc2)c1-c1ccncc1)C(=O)[O-]. The zero-order valence-electron chi connectivity index (χ0n) is 16.6. The van der Waals surface area contributed by atoms with Gasteiger partial charge < -0.3 is 20.1 Å². The number of pyridine rings is 1. The lowest BCUT2D eigenvalue weighted by Crippen LogP contribution is -2.53. The lowest BCUT2D eigenvalue weighted by Gasteiger charge is -2.37. The minimum absolute atomic E-state index is 0.269. The Kier molecular flexibility index (Phi) is 6.08. The van der Waals surface area contributed by atoms with Crippen LogP contribution < -0.4 is 10.4 Å². The highest BCUT2D eigenvalue weighted by atomic mass is 35.5. The predicted molar refractivity (Wildman–Crippen MR) is 113 cm³/mol. The quantitative estimate of drug-likeness (QED) is 0.644. The summed E-state index contributed by atoms with van der Waals surface area (Å²) in [7, 11) is 0. The number of amides is 1. The average Bonchev–Trinajstić information content (AvgIpc) is 3.09. The molecule has 0 spiro atoms. The van der Waals surface area contributed by atoms with Crippen molar-refractivity contribution in [2.24, 2.45) is 0 Å². The number of rotatable bonds is 6. The van der Waals surface area contributed by atoms with Crippen LogP contribution >= 0.6 is 11.6 Å². The lowest BCUT2D eigenvalue weighted by molar-refractivity contribution is -0.270. The van der Waals surface area contributed by atoms with Crippen LogP contribution in [0.2, 0.25) is 5.02 Å². The van der Waals surface area contributed by atoms with Crippen molar-refractivity contribution in [2.75, 3.05) is 18.4 Å². The second-order valence-electron chi connectivity index (χ2n) is 7.58. The van der Waals surface area contributed by atoms with Crippen LogP contribution in [0.3, 0.4) is 0 Å². The number of benzene rings is 1. The van der Waals surface area contributed by atoms with Crippen molar-refractivity contribution in [3.8, 4) is 22.4 Å². The maximum Gasteiger partial charge on any atom is 0.156 e. The fraction of sp³-hybridized carbons (Fsp3) is 0.286. The second-order valence-corrected chi connectivity index (χ2v) is 8.02. The van der Waals surface area contributed by atoms with E-state index in [2.05, 4.69) is 20.5 Å². The Morgan fingerprint density at radius 1 is 1.14 bits per heavy atom. The molecule has 3 rings (SSSR count). The topological polar surface area (TPSA) is 97.0 Å². The number of anilines is 1. The van der Waals surface area contributed by atoms with Crippen molar-refractivity contribution in [1.82, 2.24) is 20.1 Å². The van der Waals surface area contributed by atoms with Crippen molar-refractivity contribution < 1.29 is 9.90 Å². The molecule has 0 unspecified atom stereocenters. The minimum Gasteiger partial charge on any atom is -0.530 e. The summed E-state index contributed by atoms with van der Waals surface area (Å²) in [6.07, 6.45) is 2.24. The first-order valence-corrected chi connectivity index (χ1v) is 9.62. The van der Waals surface area contributed by atoms with Crippen molar-refractivity contribution in [3.63, 3.8) is 0 Å². The number of carboxylic acid groups (broad SMARTS) is 1. The zero-order valence-corrected chi connectivity index (χ0v) is 17.3. The van der Waals surface area contributed by atoms with Crippen LogP contribution in [0.25, 0.3) is 22.4 Å². The molecule has 0 aliphatic carbocycles. The van der Waals surface area contributed by atoms with Crippen molar-refractivity contribution in [1.29, 1.82) is 0 Å². The smallest absolute Gasteiger partial charge is 0.156 e. The lowest BCUT2D eigenvalue weighted by atomic mass is 10.0. The molecule has 0 bridgehead atoms.